The quantitative estimate of drug-likeness (QED) is 0.186. The van der Waals surface area contributed by atoms with E-state index < -0.39 is 23.7 Å². The molecule has 51 heavy (non-hydrogen) atoms. The van der Waals surface area contributed by atoms with E-state index in [2.05, 4.69) is 5.32 Å². The van der Waals surface area contributed by atoms with Gasteiger partial charge in [-0.25, -0.2) is 4.79 Å². The summed E-state index contributed by atoms with van der Waals surface area (Å²) in [6.45, 7) is 3.29. The maximum Gasteiger partial charge on any atom is 0.342 e. The predicted octanol–water partition coefficient (Wildman–Crippen LogP) is 6.04. The Labute approximate surface area is 300 Å². The smallest absolute Gasteiger partial charge is 0.342 e. The van der Waals surface area contributed by atoms with Crippen molar-refractivity contribution in [2.45, 2.75) is 96.0 Å². The Kier molecular flexibility index (Phi) is 14.6. The summed E-state index contributed by atoms with van der Waals surface area (Å²) in [5, 5.41) is 26.4. The number of amides is 2. The number of rotatable bonds is 11. The van der Waals surface area contributed by atoms with Crippen LogP contribution in [0.1, 0.15) is 117 Å². The number of esters is 1. The van der Waals surface area contributed by atoms with E-state index in [1.807, 2.05) is 4.90 Å². The number of hydrogen-bond acceptors (Lipinski definition) is 10. The molecular formula is C39H52N2O10. The SMILES string of the molecule is COc1cc(C(CC(=O)NCCCN2CCCCCC2=O)c2c(O)cc3c(c2O)C(=O)OC(C)CCCC(=O)CCCC=C3)cc(OC)c1OC. The van der Waals surface area contributed by atoms with Crippen LogP contribution in [-0.4, -0.2) is 85.7 Å². The van der Waals surface area contributed by atoms with Crippen LogP contribution in [0, 0.1) is 0 Å². The number of carbonyl (C=O) groups is 4. The molecule has 0 spiro atoms. The van der Waals surface area contributed by atoms with Gasteiger partial charge in [0.1, 0.15) is 22.8 Å². The van der Waals surface area contributed by atoms with Gasteiger partial charge in [0, 0.05) is 56.8 Å². The molecule has 3 N–H and O–H groups in total. The molecule has 0 aromatic heterocycles. The van der Waals surface area contributed by atoms with Gasteiger partial charge >= 0.3 is 5.97 Å². The van der Waals surface area contributed by atoms with Gasteiger partial charge in [0.05, 0.1) is 27.4 Å². The van der Waals surface area contributed by atoms with Gasteiger partial charge in [-0.2, -0.15) is 0 Å². The third-order valence-corrected chi connectivity index (χ3v) is 9.48. The van der Waals surface area contributed by atoms with E-state index in [0.717, 1.165) is 19.3 Å². The van der Waals surface area contributed by atoms with Crippen molar-refractivity contribution >= 4 is 29.6 Å². The Bertz CT molecular complexity index is 1560. The molecule has 0 aliphatic carbocycles. The summed E-state index contributed by atoms with van der Waals surface area (Å²) < 4.78 is 22.4. The number of fused-ring (bicyclic) bond motifs is 1. The van der Waals surface area contributed by atoms with Gasteiger partial charge in [-0.15, -0.1) is 0 Å². The molecule has 12 heteroatoms. The van der Waals surface area contributed by atoms with Gasteiger partial charge in [-0.1, -0.05) is 18.6 Å². The number of aromatic hydroxyl groups is 2. The molecule has 2 aliphatic rings. The standard InChI is InChI=1S/C39H52N2O10/c1-25-13-11-16-28(42)15-8-5-7-14-26-21-30(43)36(37(46)35(26)39(47)51-25)29(27-22-31(48-2)38(50-4)32(23-27)49-3)24-33(44)40-18-12-20-41-19-10-6-9-17-34(41)45/h7,14,21-23,25,29,43,46H,5-6,8-13,15-20,24H2,1-4H3,(H,40,44). The van der Waals surface area contributed by atoms with Crippen LogP contribution in [0.3, 0.4) is 0 Å². The highest BCUT2D eigenvalue weighted by molar-refractivity contribution is 5.98. The molecule has 0 saturated carbocycles. The topological polar surface area (TPSA) is 161 Å². The maximum absolute atomic E-state index is 13.7. The highest BCUT2D eigenvalue weighted by atomic mass is 16.5. The number of Topliss-reactive ketones (excluding diaryl/α,β-unsaturated/α-hetero) is 1. The molecule has 2 atom stereocenters. The average Bonchev–Trinajstić information content (AvgIpc) is 3.31. The van der Waals surface area contributed by atoms with Crippen LogP contribution < -0.4 is 19.5 Å². The Balaban J connectivity index is 1.73. The van der Waals surface area contributed by atoms with Crippen molar-refractivity contribution in [1.29, 1.82) is 0 Å². The molecule has 2 aromatic carbocycles. The third-order valence-electron chi connectivity index (χ3n) is 9.48. The molecule has 278 valence electrons. The second-order valence-corrected chi connectivity index (χ2v) is 13.2. The molecule has 0 bridgehead atoms. The molecule has 4 rings (SSSR count). The van der Waals surface area contributed by atoms with E-state index in [4.69, 9.17) is 18.9 Å². The molecule has 1 saturated heterocycles. The number of ether oxygens (including phenoxy) is 4. The minimum Gasteiger partial charge on any atom is -0.507 e. The first-order valence-electron chi connectivity index (χ1n) is 17.9. The summed E-state index contributed by atoms with van der Waals surface area (Å²) in [5.41, 5.74) is 0.505. The van der Waals surface area contributed by atoms with Gasteiger partial charge in [0.25, 0.3) is 0 Å². The third kappa shape index (κ3) is 10.4. The lowest BCUT2D eigenvalue weighted by Crippen LogP contribution is -2.34. The van der Waals surface area contributed by atoms with E-state index in [1.165, 1.54) is 27.4 Å². The van der Waals surface area contributed by atoms with Crippen molar-refractivity contribution in [3.63, 3.8) is 0 Å². The van der Waals surface area contributed by atoms with Gasteiger partial charge in [0.15, 0.2) is 11.5 Å². The zero-order valence-electron chi connectivity index (χ0n) is 30.3. The lowest BCUT2D eigenvalue weighted by Gasteiger charge is -2.24. The van der Waals surface area contributed by atoms with E-state index in [-0.39, 0.29) is 46.5 Å². The number of allylic oxidation sites excluding steroid dienone is 1. The average molecular weight is 709 g/mol. The number of nitrogens with one attached hydrogen (secondary N) is 1. The Morgan fingerprint density at radius 2 is 1.69 bits per heavy atom. The first-order valence-corrected chi connectivity index (χ1v) is 17.9. The van der Waals surface area contributed by atoms with Crippen molar-refractivity contribution in [1.82, 2.24) is 10.2 Å². The predicted molar refractivity (Wildman–Crippen MR) is 192 cm³/mol. The summed E-state index contributed by atoms with van der Waals surface area (Å²) >= 11 is 0. The summed E-state index contributed by atoms with van der Waals surface area (Å²) in [6, 6.07) is 4.65. The van der Waals surface area contributed by atoms with Crippen LogP contribution in [0.25, 0.3) is 6.08 Å². The largest absolute Gasteiger partial charge is 0.507 e. The zero-order chi connectivity index (χ0) is 36.9. The molecule has 1 fully saturated rings. The molecule has 2 unspecified atom stereocenters. The van der Waals surface area contributed by atoms with Gasteiger partial charge in [-0.3, -0.25) is 14.4 Å². The molecular weight excluding hydrogens is 656 g/mol. The zero-order valence-corrected chi connectivity index (χ0v) is 30.3. The minimum atomic E-state index is -0.982. The van der Waals surface area contributed by atoms with Crippen molar-refractivity contribution in [3.05, 3.63) is 46.5 Å². The summed E-state index contributed by atoms with van der Waals surface area (Å²) in [6.07, 6.45) is 9.70. The second-order valence-electron chi connectivity index (χ2n) is 13.2. The van der Waals surface area contributed by atoms with Crippen molar-refractivity contribution < 1.29 is 48.3 Å². The number of methoxy groups -OCH3 is 3. The van der Waals surface area contributed by atoms with Gasteiger partial charge < -0.3 is 39.4 Å². The number of phenols is 2. The van der Waals surface area contributed by atoms with Crippen LogP contribution in [0.15, 0.2) is 24.3 Å². The molecule has 2 heterocycles. The van der Waals surface area contributed by atoms with Crippen LogP contribution >= 0.6 is 0 Å². The Morgan fingerprint density at radius 1 is 0.961 bits per heavy atom. The van der Waals surface area contributed by atoms with Crippen LogP contribution in [0.2, 0.25) is 0 Å². The number of benzene rings is 2. The lowest BCUT2D eigenvalue weighted by molar-refractivity contribution is -0.130. The van der Waals surface area contributed by atoms with Crippen LogP contribution in [0.5, 0.6) is 28.7 Å². The Morgan fingerprint density at radius 3 is 2.39 bits per heavy atom. The number of cyclic esters (lactones) is 1. The first-order chi connectivity index (χ1) is 24.6. The molecule has 2 amide bonds. The van der Waals surface area contributed by atoms with E-state index in [9.17, 15) is 29.4 Å². The minimum absolute atomic E-state index is 0.0435. The molecule has 2 aromatic rings. The van der Waals surface area contributed by atoms with Crippen LogP contribution in [0.4, 0.5) is 0 Å². The van der Waals surface area contributed by atoms with E-state index in [0.29, 0.717) is 93.8 Å². The Hall–Kier alpha value is -4.74. The second kappa shape index (κ2) is 19.0. The monoisotopic (exact) mass is 708 g/mol. The summed E-state index contributed by atoms with van der Waals surface area (Å²) in [4.78, 5) is 53.8. The normalized spacial score (nSPS) is 18.2. The fourth-order valence-electron chi connectivity index (χ4n) is 6.74. The van der Waals surface area contributed by atoms with E-state index >= 15 is 0 Å². The molecule has 0 radical (unpaired) electrons. The lowest BCUT2D eigenvalue weighted by atomic mass is 9.84. The molecule has 12 nitrogen and oxygen atoms in total. The van der Waals surface area contributed by atoms with Crippen molar-refractivity contribution in [3.8, 4) is 28.7 Å². The number of carbonyl (C=O) groups excluding carboxylic acids is 4. The first kappa shape index (κ1) is 39.1. The molecule has 2 aliphatic heterocycles. The van der Waals surface area contributed by atoms with Crippen molar-refractivity contribution in [2.75, 3.05) is 41.0 Å². The van der Waals surface area contributed by atoms with Gasteiger partial charge in [0.2, 0.25) is 17.6 Å². The summed E-state index contributed by atoms with van der Waals surface area (Å²) in [7, 11) is 4.38. The maximum atomic E-state index is 13.7. The van der Waals surface area contributed by atoms with Crippen molar-refractivity contribution in [2.24, 2.45) is 0 Å². The van der Waals surface area contributed by atoms with Gasteiger partial charge in [-0.05, 0) is 81.2 Å². The highest BCUT2D eigenvalue weighted by Gasteiger charge is 2.32. The number of nitrogens with zero attached hydrogens (tertiary/aromatic N) is 1. The highest BCUT2D eigenvalue weighted by Crippen LogP contribution is 2.47. The number of ketones is 1. The number of likely N-dealkylation sites (tertiary alicyclic amines) is 1. The van der Waals surface area contributed by atoms with E-state index in [1.54, 1.807) is 31.2 Å². The summed E-state index contributed by atoms with van der Waals surface area (Å²) in [5.74, 6) is -1.79. The number of hydrogen-bond donors (Lipinski definition) is 3. The fraction of sp³-hybridized carbons (Fsp3) is 0.538. The number of phenolic OH excluding ortho intramolecular Hbond substituents is 2. The fourth-order valence-corrected chi connectivity index (χ4v) is 6.74. The van der Waals surface area contributed by atoms with Crippen LogP contribution in [-0.2, 0) is 19.1 Å².